The van der Waals surface area contributed by atoms with E-state index in [2.05, 4.69) is 26.6 Å². The number of hydrogen-bond donors (Lipinski definition) is 9. The van der Waals surface area contributed by atoms with Crippen LogP contribution in [-0.4, -0.2) is 89.2 Å². The van der Waals surface area contributed by atoms with Crippen molar-refractivity contribution in [1.29, 1.82) is 0 Å². The van der Waals surface area contributed by atoms with Gasteiger partial charge in [-0.3, -0.25) is 38.4 Å². The number of carbonyl (C=O) groups is 8. The summed E-state index contributed by atoms with van der Waals surface area (Å²) in [4.78, 5) is 96.6. The first-order chi connectivity index (χ1) is 19.4. The molecule has 42 heavy (non-hydrogen) atoms. The lowest BCUT2D eigenvalue weighted by Gasteiger charge is -2.26. The van der Waals surface area contributed by atoms with E-state index >= 15 is 0 Å². The highest BCUT2D eigenvalue weighted by Crippen LogP contribution is 2.06. The average Bonchev–Trinajstić information content (AvgIpc) is 2.88. The summed E-state index contributed by atoms with van der Waals surface area (Å²) < 4.78 is 0. The highest BCUT2D eigenvalue weighted by Gasteiger charge is 2.31. The minimum atomic E-state index is -1.34. The lowest BCUT2D eigenvalue weighted by molar-refractivity contribution is -0.142. The SMILES string of the molecule is CC(C)[C@H](NC(=O)[C@H](CCC(N)=O)NC(=O)CNC(=O)[C@@H](NC(=O)[C@@H](N)CCC(N)=O)C(C)C)C(=O)N[C@@H](C)C(=O)O. The summed E-state index contributed by atoms with van der Waals surface area (Å²) >= 11 is 0. The van der Waals surface area contributed by atoms with Crippen LogP contribution < -0.4 is 43.8 Å². The van der Waals surface area contributed by atoms with Crippen LogP contribution in [0.4, 0.5) is 0 Å². The van der Waals surface area contributed by atoms with Gasteiger partial charge in [0, 0.05) is 12.8 Å². The molecule has 17 heteroatoms. The second-order valence-electron chi connectivity index (χ2n) is 10.5. The number of rotatable bonds is 19. The van der Waals surface area contributed by atoms with Crippen LogP contribution in [0.15, 0.2) is 0 Å². The summed E-state index contributed by atoms with van der Waals surface area (Å²) in [6.45, 7) is 7.13. The molecular formula is C25H44N8O9. The normalized spacial score (nSPS) is 14.5. The Morgan fingerprint density at radius 2 is 1.12 bits per heavy atom. The Balaban J connectivity index is 5.40. The first-order valence-corrected chi connectivity index (χ1v) is 13.4. The predicted octanol–water partition coefficient (Wildman–Crippen LogP) is -3.68. The van der Waals surface area contributed by atoms with Crippen LogP contribution in [0, 0.1) is 11.8 Å². The highest BCUT2D eigenvalue weighted by atomic mass is 16.4. The van der Waals surface area contributed by atoms with Gasteiger partial charge in [-0.1, -0.05) is 27.7 Å². The standard InChI is InChI=1S/C25H44N8O9/c1-11(2)19(32-21(37)14(26)6-8-16(27)34)23(39)29-10-18(36)31-15(7-9-17(28)35)22(38)33-20(12(3)4)24(40)30-13(5)25(41)42/h11-15,19-20H,6-10,26H2,1-5H3,(H2,27,34)(H2,28,35)(H,29,39)(H,30,40)(H,31,36)(H,32,37)(H,33,38)(H,41,42)/t13-,14-,15-,19-,20-/m0/s1. The van der Waals surface area contributed by atoms with Crippen molar-refractivity contribution in [3.05, 3.63) is 0 Å². The van der Waals surface area contributed by atoms with Crippen LogP contribution in [0.2, 0.25) is 0 Å². The van der Waals surface area contributed by atoms with Gasteiger partial charge in [0.05, 0.1) is 12.6 Å². The molecule has 0 aliphatic heterocycles. The van der Waals surface area contributed by atoms with Crippen LogP contribution in [0.5, 0.6) is 0 Å². The summed E-state index contributed by atoms with van der Waals surface area (Å²) in [7, 11) is 0. The Kier molecular flexibility index (Phi) is 16.4. The molecular weight excluding hydrogens is 556 g/mol. The smallest absolute Gasteiger partial charge is 0.325 e. The van der Waals surface area contributed by atoms with E-state index < -0.39 is 95.9 Å². The third kappa shape index (κ3) is 14.4. The monoisotopic (exact) mass is 600 g/mol. The molecule has 0 rings (SSSR count). The Bertz CT molecular complexity index is 1020. The Morgan fingerprint density at radius 3 is 1.60 bits per heavy atom. The van der Waals surface area contributed by atoms with Gasteiger partial charge in [0.25, 0.3) is 0 Å². The highest BCUT2D eigenvalue weighted by molar-refractivity contribution is 5.95. The van der Waals surface area contributed by atoms with Gasteiger partial charge in [-0.25, -0.2) is 0 Å². The van der Waals surface area contributed by atoms with E-state index in [0.29, 0.717) is 0 Å². The van der Waals surface area contributed by atoms with Crippen molar-refractivity contribution in [2.75, 3.05) is 6.54 Å². The lowest BCUT2D eigenvalue weighted by Crippen LogP contribution is -2.58. The van der Waals surface area contributed by atoms with E-state index in [1.165, 1.54) is 6.92 Å². The van der Waals surface area contributed by atoms with Gasteiger partial charge in [0.2, 0.25) is 41.4 Å². The molecule has 0 saturated carbocycles. The average molecular weight is 601 g/mol. The molecule has 5 atom stereocenters. The molecule has 0 bridgehead atoms. The number of primary amides is 2. The molecule has 0 aliphatic rings. The molecule has 0 aromatic rings. The number of hydrogen-bond acceptors (Lipinski definition) is 9. The molecule has 12 N–H and O–H groups in total. The molecule has 0 aliphatic carbocycles. The summed E-state index contributed by atoms with van der Waals surface area (Å²) in [6, 6.07) is -5.91. The third-order valence-corrected chi connectivity index (χ3v) is 6.02. The van der Waals surface area contributed by atoms with Crippen LogP contribution >= 0.6 is 0 Å². The fourth-order valence-corrected chi connectivity index (χ4v) is 3.46. The second-order valence-corrected chi connectivity index (χ2v) is 10.5. The molecule has 7 amide bonds. The molecule has 0 aromatic heterocycles. The van der Waals surface area contributed by atoms with E-state index in [1.54, 1.807) is 27.7 Å². The van der Waals surface area contributed by atoms with Crippen molar-refractivity contribution in [3.63, 3.8) is 0 Å². The Morgan fingerprint density at radius 1 is 0.643 bits per heavy atom. The van der Waals surface area contributed by atoms with Gasteiger partial charge in [-0.2, -0.15) is 0 Å². The summed E-state index contributed by atoms with van der Waals surface area (Å²) in [5.41, 5.74) is 16.0. The maximum absolute atomic E-state index is 13.0. The number of carboxylic acid groups (broad SMARTS) is 1. The fourth-order valence-electron chi connectivity index (χ4n) is 3.46. The number of amides is 7. The van der Waals surface area contributed by atoms with Gasteiger partial charge >= 0.3 is 5.97 Å². The van der Waals surface area contributed by atoms with Crippen molar-refractivity contribution >= 4 is 47.3 Å². The first-order valence-electron chi connectivity index (χ1n) is 13.4. The minimum absolute atomic E-state index is 0.0251. The van der Waals surface area contributed by atoms with Gasteiger partial charge in [-0.15, -0.1) is 0 Å². The van der Waals surface area contributed by atoms with Gasteiger partial charge in [0.15, 0.2) is 0 Å². The maximum Gasteiger partial charge on any atom is 0.325 e. The van der Waals surface area contributed by atoms with Gasteiger partial charge in [-0.05, 0) is 31.6 Å². The lowest BCUT2D eigenvalue weighted by atomic mass is 10.0. The largest absolute Gasteiger partial charge is 0.480 e. The number of nitrogens with two attached hydrogens (primary N) is 3. The van der Waals surface area contributed by atoms with E-state index in [1.807, 2.05) is 0 Å². The number of aliphatic carboxylic acids is 1. The third-order valence-electron chi connectivity index (χ3n) is 6.02. The molecule has 0 aromatic carbocycles. The number of carboxylic acids is 1. The molecule has 238 valence electrons. The molecule has 0 unspecified atom stereocenters. The van der Waals surface area contributed by atoms with E-state index in [9.17, 15) is 38.4 Å². The predicted molar refractivity (Wildman–Crippen MR) is 149 cm³/mol. The van der Waals surface area contributed by atoms with Crippen molar-refractivity contribution < 1.29 is 43.5 Å². The zero-order valence-electron chi connectivity index (χ0n) is 24.5. The summed E-state index contributed by atoms with van der Waals surface area (Å²) in [6.07, 6.45) is -0.673. The quantitative estimate of drug-likeness (QED) is 0.0699. The van der Waals surface area contributed by atoms with Gasteiger partial charge in [0.1, 0.15) is 24.2 Å². The zero-order chi connectivity index (χ0) is 32.7. The zero-order valence-corrected chi connectivity index (χ0v) is 24.5. The van der Waals surface area contributed by atoms with Crippen molar-refractivity contribution in [2.45, 2.75) is 90.5 Å². The fraction of sp³-hybridized carbons (Fsp3) is 0.680. The minimum Gasteiger partial charge on any atom is -0.480 e. The van der Waals surface area contributed by atoms with E-state index in [-0.39, 0.29) is 25.7 Å². The molecule has 0 fully saturated rings. The maximum atomic E-state index is 13.0. The Hall–Kier alpha value is -4.28. The van der Waals surface area contributed by atoms with Crippen LogP contribution in [0.3, 0.4) is 0 Å². The van der Waals surface area contributed by atoms with Crippen molar-refractivity contribution in [3.8, 4) is 0 Å². The van der Waals surface area contributed by atoms with E-state index in [0.717, 1.165) is 0 Å². The van der Waals surface area contributed by atoms with Crippen LogP contribution in [0.1, 0.15) is 60.3 Å². The number of nitrogens with one attached hydrogen (secondary N) is 5. The van der Waals surface area contributed by atoms with Crippen LogP contribution in [0.25, 0.3) is 0 Å². The van der Waals surface area contributed by atoms with E-state index in [4.69, 9.17) is 22.3 Å². The number of carbonyl (C=O) groups excluding carboxylic acids is 7. The van der Waals surface area contributed by atoms with Crippen molar-refractivity contribution in [2.24, 2.45) is 29.0 Å². The van der Waals surface area contributed by atoms with Crippen LogP contribution in [-0.2, 0) is 38.4 Å². The molecule has 0 heterocycles. The molecule has 17 nitrogen and oxygen atoms in total. The molecule has 0 spiro atoms. The Labute approximate surface area is 243 Å². The topological polar surface area (TPSA) is 295 Å². The molecule has 0 radical (unpaired) electrons. The summed E-state index contributed by atoms with van der Waals surface area (Å²) in [5.74, 6) is -7.43. The second kappa shape index (κ2) is 18.2. The molecule has 0 saturated heterocycles. The first kappa shape index (κ1) is 37.7. The van der Waals surface area contributed by atoms with Crippen molar-refractivity contribution in [1.82, 2.24) is 26.6 Å². The van der Waals surface area contributed by atoms with Gasteiger partial charge < -0.3 is 48.9 Å². The summed E-state index contributed by atoms with van der Waals surface area (Å²) in [5, 5.41) is 20.9.